The average Bonchev–Trinajstić information content (AvgIpc) is 2.46. The van der Waals surface area contributed by atoms with Crippen LogP contribution in [0.5, 0.6) is 0 Å². The average molecular weight is 274 g/mol. The molecular formula is C17H22O3. The van der Waals surface area contributed by atoms with Crippen molar-refractivity contribution in [1.29, 1.82) is 0 Å². The molecule has 0 aliphatic heterocycles. The van der Waals surface area contributed by atoms with Gasteiger partial charge in [0, 0.05) is 5.56 Å². The third-order valence-corrected chi connectivity index (χ3v) is 3.06. The zero-order valence-electron chi connectivity index (χ0n) is 12.1. The minimum Gasteiger partial charge on any atom is -0.462 e. The van der Waals surface area contributed by atoms with Gasteiger partial charge in [-0.25, -0.2) is 4.79 Å². The maximum atomic E-state index is 11.7. The largest absolute Gasteiger partial charge is 0.462 e. The van der Waals surface area contributed by atoms with Crippen LogP contribution in [0.15, 0.2) is 36.9 Å². The van der Waals surface area contributed by atoms with Crippen LogP contribution in [0.1, 0.15) is 59.7 Å². The van der Waals surface area contributed by atoms with E-state index in [0.717, 1.165) is 32.1 Å². The first-order valence-electron chi connectivity index (χ1n) is 7.04. The van der Waals surface area contributed by atoms with E-state index in [0.29, 0.717) is 17.7 Å². The molecule has 0 N–H and O–H groups in total. The Hall–Kier alpha value is -1.90. The summed E-state index contributed by atoms with van der Waals surface area (Å²) in [6, 6.07) is 6.55. The third kappa shape index (κ3) is 5.83. The van der Waals surface area contributed by atoms with Gasteiger partial charge in [-0.15, -0.1) is 6.58 Å². The first-order valence-corrected chi connectivity index (χ1v) is 7.04. The summed E-state index contributed by atoms with van der Waals surface area (Å²) >= 11 is 0. The topological polar surface area (TPSA) is 43.4 Å². The highest BCUT2D eigenvalue weighted by Gasteiger charge is 2.07. The van der Waals surface area contributed by atoms with Crippen molar-refractivity contribution in [2.75, 3.05) is 6.61 Å². The minimum atomic E-state index is -0.328. The van der Waals surface area contributed by atoms with Gasteiger partial charge in [-0.3, -0.25) is 4.79 Å². The van der Waals surface area contributed by atoms with Gasteiger partial charge in [0.1, 0.15) is 0 Å². The van der Waals surface area contributed by atoms with E-state index in [1.165, 1.54) is 6.92 Å². The van der Waals surface area contributed by atoms with Crippen molar-refractivity contribution in [1.82, 2.24) is 0 Å². The van der Waals surface area contributed by atoms with Crippen LogP contribution < -0.4 is 0 Å². The lowest BCUT2D eigenvalue weighted by molar-refractivity contribution is 0.0497. The second-order valence-corrected chi connectivity index (χ2v) is 4.76. The highest BCUT2D eigenvalue weighted by atomic mass is 16.5. The maximum Gasteiger partial charge on any atom is 0.338 e. The van der Waals surface area contributed by atoms with Crippen LogP contribution in [0.2, 0.25) is 0 Å². The molecule has 0 atom stereocenters. The molecule has 0 saturated heterocycles. The fourth-order valence-corrected chi connectivity index (χ4v) is 1.83. The number of ether oxygens (including phenoxy) is 1. The van der Waals surface area contributed by atoms with Crippen LogP contribution in [0.3, 0.4) is 0 Å². The first-order chi connectivity index (χ1) is 9.65. The van der Waals surface area contributed by atoms with Crippen LogP contribution in [0, 0.1) is 0 Å². The summed E-state index contributed by atoms with van der Waals surface area (Å²) in [6.45, 7) is 5.62. The van der Waals surface area contributed by atoms with E-state index in [1.807, 2.05) is 6.08 Å². The summed E-state index contributed by atoms with van der Waals surface area (Å²) < 4.78 is 5.19. The van der Waals surface area contributed by atoms with Gasteiger partial charge in [-0.05, 0) is 38.3 Å². The number of hydrogen-bond donors (Lipinski definition) is 0. The number of allylic oxidation sites excluding steroid dienone is 1. The molecule has 0 aromatic heterocycles. The lowest BCUT2D eigenvalue weighted by Gasteiger charge is -2.05. The summed E-state index contributed by atoms with van der Waals surface area (Å²) in [4.78, 5) is 22.9. The Morgan fingerprint density at radius 3 is 2.25 bits per heavy atom. The molecule has 0 fully saturated rings. The number of ketones is 1. The molecule has 3 heteroatoms. The van der Waals surface area contributed by atoms with Crippen LogP contribution in [0.4, 0.5) is 0 Å². The van der Waals surface area contributed by atoms with Crippen LogP contribution >= 0.6 is 0 Å². The molecule has 0 heterocycles. The highest BCUT2D eigenvalue weighted by Crippen LogP contribution is 2.08. The summed E-state index contributed by atoms with van der Waals surface area (Å²) in [6.07, 6.45) is 7.19. The third-order valence-electron chi connectivity index (χ3n) is 3.06. The van der Waals surface area contributed by atoms with Gasteiger partial charge in [0.05, 0.1) is 12.2 Å². The number of Topliss-reactive ketones (excluding diaryl/α,β-unsaturated/α-hetero) is 1. The monoisotopic (exact) mass is 274 g/mol. The van der Waals surface area contributed by atoms with E-state index in [4.69, 9.17) is 4.74 Å². The van der Waals surface area contributed by atoms with E-state index < -0.39 is 0 Å². The Kier molecular flexibility index (Phi) is 7.33. The molecule has 0 saturated carbocycles. The van der Waals surface area contributed by atoms with E-state index in [2.05, 4.69) is 6.58 Å². The molecule has 0 spiro atoms. The van der Waals surface area contributed by atoms with Crippen molar-refractivity contribution < 1.29 is 14.3 Å². The van der Waals surface area contributed by atoms with Crippen LogP contribution in [-0.4, -0.2) is 18.4 Å². The number of hydrogen-bond acceptors (Lipinski definition) is 3. The van der Waals surface area contributed by atoms with Crippen molar-refractivity contribution in [2.45, 2.75) is 39.0 Å². The molecule has 0 unspecified atom stereocenters. The van der Waals surface area contributed by atoms with Gasteiger partial charge in [0.15, 0.2) is 5.78 Å². The zero-order valence-corrected chi connectivity index (χ0v) is 12.1. The summed E-state index contributed by atoms with van der Waals surface area (Å²) in [5.41, 5.74) is 1.09. The summed E-state index contributed by atoms with van der Waals surface area (Å²) in [5, 5.41) is 0. The molecule has 20 heavy (non-hydrogen) atoms. The molecular weight excluding hydrogens is 252 g/mol. The normalized spacial score (nSPS) is 10.1. The van der Waals surface area contributed by atoms with Gasteiger partial charge in [0.2, 0.25) is 0 Å². The molecule has 0 amide bonds. The molecule has 0 bridgehead atoms. The van der Waals surface area contributed by atoms with E-state index in [9.17, 15) is 9.59 Å². The second-order valence-electron chi connectivity index (χ2n) is 4.76. The predicted molar refractivity (Wildman–Crippen MR) is 80.0 cm³/mol. The molecule has 0 aliphatic rings. The van der Waals surface area contributed by atoms with Crippen molar-refractivity contribution in [3.05, 3.63) is 48.0 Å². The number of benzene rings is 1. The van der Waals surface area contributed by atoms with E-state index in [-0.39, 0.29) is 11.8 Å². The fourth-order valence-electron chi connectivity index (χ4n) is 1.83. The Labute approximate surface area is 120 Å². The summed E-state index contributed by atoms with van der Waals surface area (Å²) in [5.74, 6) is -0.337. The second kappa shape index (κ2) is 9.08. The number of esters is 1. The maximum absolute atomic E-state index is 11.7. The van der Waals surface area contributed by atoms with Gasteiger partial charge in [-0.2, -0.15) is 0 Å². The van der Waals surface area contributed by atoms with Gasteiger partial charge in [-0.1, -0.05) is 31.1 Å². The van der Waals surface area contributed by atoms with Crippen LogP contribution in [0.25, 0.3) is 0 Å². The lowest BCUT2D eigenvalue weighted by atomic mass is 10.1. The highest BCUT2D eigenvalue weighted by molar-refractivity contribution is 5.96. The molecule has 1 aromatic rings. The minimum absolute atomic E-state index is 0.00978. The molecule has 0 radical (unpaired) electrons. The van der Waals surface area contributed by atoms with Crippen molar-refractivity contribution in [3.63, 3.8) is 0 Å². The van der Waals surface area contributed by atoms with E-state index >= 15 is 0 Å². The Bertz CT molecular complexity index is 446. The molecule has 3 nitrogen and oxygen atoms in total. The van der Waals surface area contributed by atoms with Crippen LogP contribution in [-0.2, 0) is 4.74 Å². The van der Waals surface area contributed by atoms with Crippen molar-refractivity contribution in [3.8, 4) is 0 Å². The summed E-state index contributed by atoms with van der Waals surface area (Å²) in [7, 11) is 0. The lowest BCUT2D eigenvalue weighted by Crippen LogP contribution is -2.06. The van der Waals surface area contributed by atoms with E-state index in [1.54, 1.807) is 24.3 Å². The molecule has 1 rings (SSSR count). The molecule has 0 aliphatic carbocycles. The van der Waals surface area contributed by atoms with Gasteiger partial charge in [0.25, 0.3) is 0 Å². The number of carbonyl (C=O) groups excluding carboxylic acids is 2. The smallest absolute Gasteiger partial charge is 0.338 e. The predicted octanol–water partition coefficient (Wildman–Crippen LogP) is 4.18. The van der Waals surface area contributed by atoms with Gasteiger partial charge >= 0.3 is 5.97 Å². The number of rotatable bonds is 9. The van der Waals surface area contributed by atoms with Crippen molar-refractivity contribution >= 4 is 11.8 Å². The molecule has 1 aromatic carbocycles. The number of unbranched alkanes of at least 4 members (excludes halogenated alkanes) is 4. The standard InChI is InChI=1S/C17H22O3/c1-3-4-5-6-7-8-13-20-17(19)16-11-9-15(10-12-16)14(2)18/h3,9-12H,1,4-8,13H2,2H3. The first kappa shape index (κ1) is 16.2. The fraction of sp³-hybridized carbons (Fsp3) is 0.412. The zero-order chi connectivity index (χ0) is 14.8. The Balaban J connectivity index is 2.25. The van der Waals surface area contributed by atoms with Gasteiger partial charge < -0.3 is 4.74 Å². The SMILES string of the molecule is C=CCCCCCCOC(=O)c1ccc(C(C)=O)cc1. The Morgan fingerprint density at radius 2 is 1.65 bits per heavy atom. The quantitative estimate of drug-likeness (QED) is 0.293. The molecule has 108 valence electrons. The Morgan fingerprint density at radius 1 is 1.05 bits per heavy atom. The number of carbonyl (C=O) groups is 2. The van der Waals surface area contributed by atoms with Crippen molar-refractivity contribution in [2.24, 2.45) is 0 Å².